The number of hydrogen-bond donors (Lipinski definition) is 2. The summed E-state index contributed by atoms with van der Waals surface area (Å²) >= 11 is 0. The molecule has 0 aliphatic heterocycles. The maximum absolute atomic E-state index is 12.0. The summed E-state index contributed by atoms with van der Waals surface area (Å²) in [6.45, 7) is 6.92. The van der Waals surface area contributed by atoms with Gasteiger partial charge in [-0.2, -0.15) is 0 Å². The van der Waals surface area contributed by atoms with E-state index in [0.29, 0.717) is 13.0 Å². The van der Waals surface area contributed by atoms with Gasteiger partial charge in [0, 0.05) is 31.8 Å². The topological polar surface area (TPSA) is 36.8 Å². The van der Waals surface area contributed by atoms with E-state index in [-0.39, 0.29) is 17.4 Å². The lowest BCUT2D eigenvalue weighted by atomic mass is 9.92. The van der Waals surface area contributed by atoms with E-state index in [1.54, 1.807) is 0 Å². The molecule has 0 aromatic heterocycles. The Morgan fingerprint density at radius 3 is 2.14 bits per heavy atom. The van der Waals surface area contributed by atoms with Gasteiger partial charge in [-0.25, -0.2) is 0 Å². The number of benzene rings is 1. The summed E-state index contributed by atoms with van der Waals surface area (Å²) in [4.78, 5) is 15.4. The van der Waals surface area contributed by atoms with Gasteiger partial charge < -0.3 is 15.1 Å². The van der Waals surface area contributed by atoms with Crippen molar-refractivity contribution in [2.45, 2.75) is 33.2 Å². The molecular weight excluding hydrogens is 274 g/mol. The molecule has 0 fully saturated rings. The summed E-state index contributed by atoms with van der Waals surface area (Å²) in [6, 6.07) is 8.83. The Labute approximate surface area is 135 Å². The van der Waals surface area contributed by atoms with Gasteiger partial charge in [-0.15, -0.1) is 0 Å². The third-order valence-electron chi connectivity index (χ3n) is 3.70. The van der Waals surface area contributed by atoms with Crippen LogP contribution in [0, 0.1) is 5.41 Å². The van der Waals surface area contributed by atoms with Crippen molar-refractivity contribution >= 4 is 11.6 Å². The van der Waals surface area contributed by atoms with Gasteiger partial charge in [-0.05, 0) is 17.5 Å². The van der Waals surface area contributed by atoms with Crippen molar-refractivity contribution in [3.05, 3.63) is 29.8 Å². The fraction of sp³-hybridized carbons (Fsp3) is 0.611. The molecule has 4 nitrogen and oxygen atoms in total. The predicted octanol–water partition coefficient (Wildman–Crippen LogP) is 1.49. The Morgan fingerprint density at radius 2 is 1.73 bits per heavy atom. The zero-order chi connectivity index (χ0) is 16.9. The largest absolute Gasteiger partial charge is 0.378 e. The summed E-state index contributed by atoms with van der Waals surface area (Å²) in [5.41, 5.74) is 2.47. The number of nitrogens with one attached hydrogen (secondary N) is 2. The molecule has 0 bridgehead atoms. The van der Waals surface area contributed by atoms with Gasteiger partial charge in [-0.1, -0.05) is 32.9 Å². The fourth-order valence-corrected chi connectivity index (χ4v) is 2.42. The van der Waals surface area contributed by atoms with Gasteiger partial charge in [0.05, 0.1) is 20.6 Å². The molecule has 1 aromatic carbocycles. The molecule has 0 spiro atoms. The minimum atomic E-state index is 0.0257. The first-order valence-corrected chi connectivity index (χ1v) is 7.94. The van der Waals surface area contributed by atoms with E-state index in [1.807, 2.05) is 14.1 Å². The average Bonchev–Trinajstić information content (AvgIpc) is 2.37. The Balaban J connectivity index is 2.72. The third-order valence-corrected chi connectivity index (χ3v) is 3.70. The Bertz CT molecular complexity index is 472. The number of hydrogen-bond acceptors (Lipinski definition) is 2. The molecule has 0 heterocycles. The summed E-state index contributed by atoms with van der Waals surface area (Å²) < 4.78 is 0. The van der Waals surface area contributed by atoms with Gasteiger partial charge >= 0.3 is 0 Å². The van der Waals surface area contributed by atoms with E-state index < -0.39 is 0 Å². The molecule has 0 unspecified atom stereocenters. The van der Waals surface area contributed by atoms with Crippen molar-refractivity contribution in [2.75, 3.05) is 39.6 Å². The van der Waals surface area contributed by atoms with Crippen LogP contribution in [0.3, 0.4) is 0 Å². The minimum absolute atomic E-state index is 0.0257. The number of rotatable bonds is 6. The molecule has 2 N–H and O–H groups in total. The van der Waals surface area contributed by atoms with E-state index in [1.165, 1.54) is 16.2 Å². The molecule has 0 radical (unpaired) electrons. The molecule has 0 saturated carbocycles. The highest BCUT2D eigenvalue weighted by molar-refractivity contribution is 5.76. The predicted molar refractivity (Wildman–Crippen MR) is 93.4 cm³/mol. The van der Waals surface area contributed by atoms with Crippen molar-refractivity contribution in [3.63, 3.8) is 0 Å². The molecule has 1 amide bonds. The minimum Gasteiger partial charge on any atom is -0.378 e. The highest BCUT2D eigenvalue weighted by Crippen LogP contribution is 2.19. The third kappa shape index (κ3) is 6.06. The first kappa shape index (κ1) is 18.5. The normalized spacial score (nSPS) is 13.1. The van der Waals surface area contributed by atoms with Gasteiger partial charge in [0.25, 0.3) is 0 Å². The van der Waals surface area contributed by atoms with Crippen LogP contribution >= 0.6 is 0 Å². The second kappa shape index (κ2) is 7.63. The lowest BCUT2D eigenvalue weighted by molar-refractivity contribution is -0.890. The second-order valence-electron chi connectivity index (χ2n) is 7.66. The second-order valence-corrected chi connectivity index (χ2v) is 7.66. The molecule has 4 heteroatoms. The first-order chi connectivity index (χ1) is 10.1. The van der Waals surface area contributed by atoms with Crippen LogP contribution in [0.2, 0.25) is 0 Å². The lowest BCUT2D eigenvalue weighted by Crippen LogP contribution is -3.07. The summed E-state index contributed by atoms with van der Waals surface area (Å²) in [5.74, 6) is 0.128. The quantitative estimate of drug-likeness (QED) is 0.835. The fourth-order valence-electron chi connectivity index (χ4n) is 2.42. The molecule has 1 rings (SSSR count). The Kier molecular flexibility index (Phi) is 6.42. The van der Waals surface area contributed by atoms with Crippen LogP contribution in [-0.2, 0) is 4.79 Å². The van der Waals surface area contributed by atoms with Crippen LogP contribution < -0.4 is 15.1 Å². The van der Waals surface area contributed by atoms with Crippen LogP contribution in [0.4, 0.5) is 5.69 Å². The highest BCUT2D eigenvalue weighted by atomic mass is 16.1. The molecule has 1 aromatic rings. The lowest BCUT2D eigenvalue weighted by Gasteiger charge is -2.24. The average molecular weight is 306 g/mol. The van der Waals surface area contributed by atoms with Crippen molar-refractivity contribution in [1.82, 2.24) is 5.32 Å². The maximum atomic E-state index is 12.0. The van der Waals surface area contributed by atoms with E-state index in [4.69, 9.17) is 0 Å². The van der Waals surface area contributed by atoms with Crippen molar-refractivity contribution in [2.24, 2.45) is 5.41 Å². The number of quaternary nitrogens is 1. The van der Waals surface area contributed by atoms with Gasteiger partial charge in [0.2, 0.25) is 5.91 Å². The Morgan fingerprint density at radius 1 is 1.18 bits per heavy atom. The monoisotopic (exact) mass is 306 g/mol. The molecule has 0 aliphatic rings. The van der Waals surface area contributed by atoms with Crippen LogP contribution in [0.25, 0.3) is 0 Å². The van der Waals surface area contributed by atoms with Gasteiger partial charge in [-0.3, -0.25) is 4.79 Å². The first-order valence-electron chi connectivity index (χ1n) is 7.94. The molecule has 0 aliphatic carbocycles. The maximum Gasteiger partial charge on any atom is 0.220 e. The smallest absolute Gasteiger partial charge is 0.220 e. The Hall–Kier alpha value is -1.55. The zero-order valence-electron chi connectivity index (χ0n) is 15.2. The molecule has 0 saturated heterocycles. The molecular formula is C18H32N3O+. The van der Waals surface area contributed by atoms with Gasteiger partial charge in [0.1, 0.15) is 6.04 Å². The SMILES string of the molecule is CN(C)c1ccc([C@H](CNC(=O)CC(C)(C)C)[NH+](C)C)cc1. The number of carbonyl (C=O) groups is 1. The van der Waals surface area contributed by atoms with Crippen molar-refractivity contribution in [1.29, 1.82) is 0 Å². The van der Waals surface area contributed by atoms with Gasteiger partial charge in [0.15, 0.2) is 0 Å². The number of carbonyl (C=O) groups excluding carboxylic acids is 1. The number of anilines is 1. The van der Waals surface area contributed by atoms with Crippen molar-refractivity contribution < 1.29 is 9.69 Å². The van der Waals surface area contributed by atoms with Crippen LogP contribution in [0.15, 0.2) is 24.3 Å². The van der Waals surface area contributed by atoms with Crippen LogP contribution in [0.5, 0.6) is 0 Å². The van der Waals surface area contributed by atoms with Crippen LogP contribution in [-0.4, -0.2) is 40.6 Å². The number of nitrogens with zero attached hydrogens (tertiary/aromatic N) is 1. The number of amides is 1. The van der Waals surface area contributed by atoms with Crippen molar-refractivity contribution in [3.8, 4) is 0 Å². The van der Waals surface area contributed by atoms with E-state index in [9.17, 15) is 4.79 Å². The molecule has 1 atom stereocenters. The summed E-state index contributed by atoms with van der Waals surface area (Å²) in [6.07, 6.45) is 0.558. The molecule has 22 heavy (non-hydrogen) atoms. The van der Waals surface area contributed by atoms with E-state index >= 15 is 0 Å². The molecule has 124 valence electrons. The van der Waals surface area contributed by atoms with Crippen LogP contribution in [0.1, 0.15) is 38.8 Å². The number of likely N-dealkylation sites (N-methyl/N-ethyl adjacent to an activating group) is 1. The highest BCUT2D eigenvalue weighted by Gasteiger charge is 2.21. The summed E-state index contributed by atoms with van der Waals surface area (Å²) in [7, 11) is 8.33. The standard InChI is InChI=1S/C18H31N3O/c1-18(2,3)12-17(22)19-13-16(21(6)7)14-8-10-15(11-9-14)20(4)5/h8-11,16H,12-13H2,1-7H3,(H,19,22)/p+1/t16-/m0/s1. The van der Waals surface area contributed by atoms with E-state index in [2.05, 4.69) is 69.3 Å². The zero-order valence-corrected chi connectivity index (χ0v) is 15.2. The van der Waals surface area contributed by atoms with E-state index in [0.717, 1.165) is 0 Å². The summed E-state index contributed by atoms with van der Waals surface area (Å²) in [5, 5.41) is 3.09.